The number of nitrogens with one attached hydrogen (secondary N) is 1. The highest BCUT2D eigenvalue weighted by atomic mass is 32.2. The number of hydrogen-bond donors (Lipinski definition) is 1. The Morgan fingerprint density at radius 2 is 1.88 bits per heavy atom. The lowest BCUT2D eigenvalue weighted by molar-refractivity contribution is -0.116. The van der Waals surface area contributed by atoms with Crippen LogP contribution in [0.5, 0.6) is 0 Å². The Kier molecular flexibility index (Phi) is 6.36. The van der Waals surface area contributed by atoms with Gasteiger partial charge in [0.2, 0.25) is 15.9 Å². The summed E-state index contributed by atoms with van der Waals surface area (Å²) in [5.74, 6) is -0.320. The molecule has 0 aromatic heterocycles. The number of sulfonamides is 1. The molecule has 0 unspecified atom stereocenters. The molecule has 1 amide bonds. The van der Waals surface area contributed by atoms with Gasteiger partial charge in [-0.15, -0.1) is 0 Å². The SMILES string of the molecule is CCc1ccc(N(CCC(=O)Nc2cccc(C#N)c2)S(C)(=O)=O)cc1. The minimum Gasteiger partial charge on any atom is -0.326 e. The molecule has 0 fully saturated rings. The van der Waals surface area contributed by atoms with Crippen molar-refractivity contribution in [2.24, 2.45) is 0 Å². The lowest BCUT2D eigenvalue weighted by atomic mass is 10.1. The van der Waals surface area contributed by atoms with Crippen molar-refractivity contribution in [1.29, 1.82) is 5.26 Å². The van der Waals surface area contributed by atoms with Gasteiger partial charge in [-0.2, -0.15) is 5.26 Å². The monoisotopic (exact) mass is 371 g/mol. The van der Waals surface area contributed by atoms with Crippen molar-refractivity contribution in [1.82, 2.24) is 0 Å². The van der Waals surface area contributed by atoms with Gasteiger partial charge in [0.05, 0.1) is 23.6 Å². The number of aryl methyl sites for hydroxylation is 1. The first-order valence-corrected chi connectivity index (χ1v) is 10.0. The van der Waals surface area contributed by atoms with E-state index in [9.17, 15) is 13.2 Å². The number of nitriles is 1. The van der Waals surface area contributed by atoms with Crippen molar-refractivity contribution >= 4 is 27.3 Å². The summed E-state index contributed by atoms with van der Waals surface area (Å²) < 4.78 is 25.4. The first-order valence-electron chi connectivity index (χ1n) is 8.20. The maximum atomic E-state index is 12.2. The van der Waals surface area contributed by atoms with E-state index in [0.29, 0.717) is 16.9 Å². The van der Waals surface area contributed by atoms with E-state index in [4.69, 9.17) is 5.26 Å². The zero-order valence-corrected chi connectivity index (χ0v) is 15.6. The number of rotatable bonds is 7. The van der Waals surface area contributed by atoms with E-state index in [-0.39, 0.29) is 18.9 Å². The van der Waals surface area contributed by atoms with Crippen LogP contribution >= 0.6 is 0 Å². The summed E-state index contributed by atoms with van der Waals surface area (Å²) in [4.78, 5) is 12.2. The van der Waals surface area contributed by atoms with Crippen molar-refractivity contribution in [3.05, 3.63) is 59.7 Å². The Labute approximate surface area is 154 Å². The zero-order chi connectivity index (χ0) is 19.2. The minimum atomic E-state index is -3.51. The van der Waals surface area contributed by atoms with Gasteiger partial charge in [-0.1, -0.05) is 25.1 Å². The van der Waals surface area contributed by atoms with Crippen LogP contribution in [0.2, 0.25) is 0 Å². The molecule has 0 heterocycles. The summed E-state index contributed by atoms with van der Waals surface area (Å²) >= 11 is 0. The Balaban J connectivity index is 2.07. The number of hydrogen-bond acceptors (Lipinski definition) is 4. The third-order valence-corrected chi connectivity index (χ3v) is 5.04. The highest BCUT2D eigenvalue weighted by Crippen LogP contribution is 2.19. The zero-order valence-electron chi connectivity index (χ0n) is 14.8. The summed E-state index contributed by atoms with van der Waals surface area (Å²) in [6.07, 6.45) is 1.98. The average Bonchev–Trinajstić information content (AvgIpc) is 2.61. The van der Waals surface area contributed by atoms with Crippen LogP contribution < -0.4 is 9.62 Å². The van der Waals surface area contributed by atoms with Crippen LogP contribution in [0.25, 0.3) is 0 Å². The number of benzene rings is 2. The molecule has 0 radical (unpaired) electrons. The van der Waals surface area contributed by atoms with E-state index in [1.54, 1.807) is 36.4 Å². The molecule has 0 bridgehead atoms. The van der Waals surface area contributed by atoms with Gasteiger partial charge in [0.25, 0.3) is 0 Å². The van der Waals surface area contributed by atoms with Crippen LogP contribution in [0, 0.1) is 11.3 Å². The molecule has 0 saturated carbocycles. The third-order valence-electron chi connectivity index (χ3n) is 3.85. The highest BCUT2D eigenvalue weighted by Gasteiger charge is 2.18. The second kappa shape index (κ2) is 8.50. The summed E-state index contributed by atoms with van der Waals surface area (Å²) in [5, 5.41) is 11.6. The van der Waals surface area contributed by atoms with Gasteiger partial charge in [-0.25, -0.2) is 8.42 Å². The maximum Gasteiger partial charge on any atom is 0.232 e. The van der Waals surface area contributed by atoms with Gasteiger partial charge < -0.3 is 5.32 Å². The summed E-state index contributed by atoms with van der Waals surface area (Å²) in [6.45, 7) is 2.06. The summed E-state index contributed by atoms with van der Waals surface area (Å²) in [7, 11) is -3.51. The van der Waals surface area contributed by atoms with Gasteiger partial charge in [-0.05, 0) is 42.3 Å². The number of carbonyl (C=O) groups excluding carboxylic acids is 1. The predicted molar refractivity (Wildman–Crippen MR) is 102 cm³/mol. The van der Waals surface area contributed by atoms with Gasteiger partial charge in [0.15, 0.2) is 0 Å². The first-order chi connectivity index (χ1) is 12.3. The molecule has 136 valence electrons. The van der Waals surface area contributed by atoms with E-state index in [2.05, 4.69) is 5.32 Å². The van der Waals surface area contributed by atoms with Gasteiger partial charge in [0, 0.05) is 18.7 Å². The van der Waals surface area contributed by atoms with E-state index in [1.807, 2.05) is 25.1 Å². The van der Waals surface area contributed by atoms with Gasteiger partial charge >= 0.3 is 0 Å². The number of nitrogens with zero attached hydrogens (tertiary/aromatic N) is 2. The molecule has 2 rings (SSSR count). The largest absolute Gasteiger partial charge is 0.326 e. The second-order valence-electron chi connectivity index (χ2n) is 5.85. The maximum absolute atomic E-state index is 12.2. The molecule has 0 aliphatic carbocycles. The fraction of sp³-hybridized carbons (Fsp3) is 0.263. The quantitative estimate of drug-likeness (QED) is 0.810. The molecular weight excluding hydrogens is 350 g/mol. The Hall–Kier alpha value is -2.85. The fourth-order valence-corrected chi connectivity index (χ4v) is 3.40. The Morgan fingerprint density at radius 3 is 2.46 bits per heavy atom. The van der Waals surface area contributed by atoms with E-state index in [1.165, 1.54) is 4.31 Å². The minimum absolute atomic E-state index is 0.000615. The molecule has 0 aliphatic rings. The average molecular weight is 371 g/mol. The molecule has 2 aromatic carbocycles. The van der Waals surface area contributed by atoms with Crippen LogP contribution in [0.15, 0.2) is 48.5 Å². The van der Waals surface area contributed by atoms with Crippen LogP contribution in [0.3, 0.4) is 0 Å². The predicted octanol–water partition coefficient (Wildman–Crippen LogP) is 2.92. The van der Waals surface area contributed by atoms with Crippen molar-refractivity contribution in [3.63, 3.8) is 0 Å². The molecule has 6 nitrogen and oxygen atoms in total. The lowest BCUT2D eigenvalue weighted by Crippen LogP contribution is -2.33. The van der Waals surface area contributed by atoms with Crippen molar-refractivity contribution in [2.45, 2.75) is 19.8 Å². The molecular formula is C19H21N3O3S. The van der Waals surface area contributed by atoms with Crippen LogP contribution in [0.1, 0.15) is 24.5 Å². The first kappa shape index (κ1) is 19.5. The van der Waals surface area contributed by atoms with E-state index >= 15 is 0 Å². The normalized spacial score (nSPS) is 10.8. The van der Waals surface area contributed by atoms with Crippen molar-refractivity contribution in [2.75, 3.05) is 22.4 Å². The standard InChI is InChI=1S/C19H21N3O3S/c1-3-15-7-9-18(10-8-15)22(26(2,24)25)12-11-19(23)21-17-6-4-5-16(13-17)14-20/h4-10,13H,3,11-12H2,1-2H3,(H,21,23). The van der Waals surface area contributed by atoms with E-state index < -0.39 is 10.0 Å². The molecule has 1 N–H and O–H groups in total. The molecule has 0 aliphatic heterocycles. The highest BCUT2D eigenvalue weighted by molar-refractivity contribution is 7.92. The summed E-state index contributed by atoms with van der Waals surface area (Å²) in [5.41, 5.74) is 2.59. The molecule has 0 saturated heterocycles. The molecule has 7 heteroatoms. The number of anilines is 2. The van der Waals surface area contributed by atoms with Crippen LogP contribution in [-0.2, 0) is 21.2 Å². The van der Waals surface area contributed by atoms with Gasteiger partial charge in [0.1, 0.15) is 0 Å². The van der Waals surface area contributed by atoms with Crippen LogP contribution in [-0.4, -0.2) is 27.1 Å². The molecule has 26 heavy (non-hydrogen) atoms. The van der Waals surface area contributed by atoms with E-state index in [0.717, 1.165) is 18.2 Å². The Bertz CT molecular complexity index is 916. The Morgan fingerprint density at radius 1 is 1.19 bits per heavy atom. The third kappa shape index (κ3) is 5.33. The molecule has 0 atom stereocenters. The van der Waals surface area contributed by atoms with Crippen LogP contribution in [0.4, 0.5) is 11.4 Å². The van der Waals surface area contributed by atoms with Gasteiger partial charge in [-0.3, -0.25) is 9.10 Å². The topological polar surface area (TPSA) is 90.3 Å². The lowest BCUT2D eigenvalue weighted by Gasteiger charge is -2.22. The van der Waals surface area contributed by atoms with Crippen molar-refractivity contribution < 1.29 is 13.2 Å². The fourth-order valence-electron chi connectivity index (χ4n) is 2.48. The molecule has 2 aromatic rings. The second-order valence-corrected chi connectivity index (χ2v) is 7.75. The molecule has 0 spiro atoms. The number of amides is 1. The summed E-state index contributed by atoms with van der Waals surface area (Å²) in [6, 6.07) is 15.8. The number of carbonyl (C=O) groups is 1. The smallest absolute Gasteiger partial charge is 0.232 e. The van der Waals surface area contributed by atoms with Crippen molar-refractivity contribution in [3.8, 4) is 6.07 Å².